The zero-order valence-corrected chi connectivity index (χ0v) is 7.64. The molecule has 1 aromatic carbocycles. The molecule has 1 amide bonds. The first-order chi connectivity index (χ1) is 7.29. The fourth-order valence-corrected chi connectivity index (χ4v) is 1.24. The maximum absolute atomic E-state index is 11.0. The fraction of sp³-hybridized carbons (Fsp3) is 0. The Hall–Kier alpha value is -2.37. The van der Waals surface area contributed by atoms with Crippen LogP contribution in [0.2, 0.25) is 0 Å². The van der Waals surface area contributed by atoms with Crippen molar-refractivity contribution in [2.45, 2.75) is 0 Å². The molecule has 0 aliphatic heterocycles. The second-order valence-electron chi connectivity index (χ2n) is 2.91. The molecule has 6 heteroatoms. The van der Waals surface area contributed by atoms with Crippen LogP contribution in [0, 0.1) is 0 Å². The average molecular weight is 204 g/mol. The zero-order chi connectivity index (χ0) is 10.7. The van der Waals surface area contributed by atoms with Crippen molar-refractivity contribution in [3.8, 4) is 0 Å². The molecule has 0 fully saturated rings. The number of benzene rings is 1. The van der Waals surface area contributed by atoms with Crippen molar-refractivity contribution in [3.63, 3.8) is 0 Å². The topological polar surface area (TPSA) is 90.4 Å². The molecule has 1 heterocycles. The van der Waals surface area contributed by atoms with Crippen LogP contribution in [-0.2, 0) is 4.79 Å². The van der Waals surface area contributed by atoms with E-state index in [-0.39, 0.29) is 0 Å². The fourth-order valence-electron chi connectivity index (χ4n) is 1.24. The van der Waals surface area contributed by atoms with Gasteiger partial charge in [0.15, 0.2) is 0 Å². The number of oxime groups is 1. The molecule has 0 saturated carbocycles. The van der Waals surface area contributed by atoms with Gasteiger partial charge in [0.05, 0.1) is 11.7 Å². The van der Waals surface area contributed by atoms with E-state index in [1.165, 1.54) is 0 Å². The summed E-state index contributed by atoms with van der Waals surface area (Å²) in [6.45, 7) is 0. The van der Waals surface area contributed by atoms with E-state index in [1.807, 2.05) is 6.07 Å². The van der Waals surface area contributed by atoms with Gasteiger partial charge in [-0.1, -0.05) is 5.16 Å². The Morgan fingerprint density at radius 2 is 2.47 bits per heavy atom. The first-order valence-electron chi connectivity index (χ1n) is 4.21. The lowest BCUT2D eigenvalue weighted by molar-refractivity contribution is -0.110. The number of hydrogen-bond donors (Lipinski definition) is 3. The smallest absolute Gasteiger partial charge is 0.270 e. The van der Waals surface area contributed by atoms with Gasteiger partial charge in [-0.25, -0.2) is 0 Å². The Morgan fingerprint density at radius 3 is 3.27 bits per heavy atom. The Bertz CT molecular complexity index is 518. The summed E-state index contributed by atoms with van der Waals surface area (Å²) in [6, 6.07) is 5.30. The molecule has 0 radical (unpaired) electrons. The molecule has 0 unspecified atom stereocenters. The molecule has 0 atom stereocenters. The minimum atomic E-state index is -0.489. The third kappa shape index (κ3) is 1.93. The molecule has 2 rings (SSSR count). The van der Waals surface area contributed by atoms with Crippen LogP contribution in [-0.4, -0.2) is 27.5 Å². The van der Waals surface area contributed by atoms with Crippen molar-refractivity contribution in [2.24, 2.45) is 5.16 Å². The molecule has 0 aliphatic carbocycles. The number of rotatable bonds is 2. The number of aromatic amines is 1. The first kappa shape index (κ1) is 9.20. The number of hydrogen-bond acceptors (Lipinski definition) is 4. The van der Waals surface area contributed by atoms with Crippen LogP contribution in [0.4, 0.5) is 5.69 Å². The van der Waals surface area contributed by atoms with Crippen LogP contribution in [0.25, 0.3) is 10.9 Å². The lowest BCUT2D eigenvalue weighted by Crippen LogP contribution is -2.12. The predicted molar refractivity (Wildman–Crippen MR) is 55.0 cm³/mol. The summed E-state index contributed by atoms with van der Waals surface area (Å²) < 4.78 is 0. The van der Waals surface area contributed by atoms with Crippen molar-refractivity contribution < 1.29 is 10.0 Å². The van der Waals surface area contributed by atoms with E-state index in [1.54, 1.807) is 18.3 Å². The molecule has 3 N–H and O–H groups in total. The molecule has 0 bridgehead atoms. The van der Waals surface area contributed by atoms with Gasteiger partial charge in [0, 0.05) is 11.1 Å². The Kier molecular flexibility index (Phi) is 2.32. The summed E-state index contributed by atoms with van der Waals surface area (Å²) in [5.41, 5.74) is 1.44. The summed E-state index contributed by atoms with van der Waals surface area (Å²) in [5, 5.41) is 20.9. The van der Waals surface area contributed by atoms with Gasteiger partial charge in [-0.05, 0) is 18.2 Å². The molecule has 0 spiro atoms. The third-order valence-electron chi connectivity index (χ3n) is 1.88. The second-order valence-corrected chi connectivity index (χ2v) is 2.91. The number of anilines is 1. The molecule has 0 aliphatic rings. The largest absolute Gasteiger partial charge is 0.411 e. The number of fused-ring (bicyclic) bond motifs is 1. The lowest BCUT2D eigenvalue weighted by Gasteiger charge is -2.00. The maximum Gasteiger partial charge on any atom is 0.270 e. The van der Waals surface area contributed by atoms with Gasteiger partial charge in [0.1, 0.15) is 6.21 Å². The highest BCUT2D eigenvalue weighted by molar-refractivity contribution is 6.31. The Balaban J connectivity index is 2.24. The highest BCUT2D eigenvalue weighted by Gasteiger charge is 2.00. The Morgan fingerprint density at radius 1 is 1.60 bits per heavy atom. The monoisotopic (exact) mass is 204 g/mol. The van der Waals surface area contributed by atoms with E-state index in [9.17, 15) is 4.79 Å². The summed E-state index contributed by atoms with van der Waals surface area (Å²) in [5.74, 6) is -0.489. The molecule has 2 aromatic rings. The van der Waals surface area contributed by atoms with E-state index in [2.05, 4.69) is 20.7 Å². The SMILES string of the molecule is O=C(/C=N/O)Nc1ccc2cn[nH]c2c1. The summed E-state index contributed by atoms with van der Waals surface area (Å²) in [7, 11) is 0. The number of carbonyl (C=O) groups is 1. The molecular formula is C9H8N4O2. The van der Waals surface area contributed by atoms with E-state index in [0.717, 1.165) is 17.1 Å². The summed E-state index contributed by atoms with van der Waals surface area (Å²) in [4.78, 5) is 11.0. The number of carbonyl (C=O) groups excluding carboxylic acids is 1. The summed E-state index contributed by atoms with van der Waals surface area (Å²) >= 11 is 0. The maximum atomic E-state index is 11.0. The zero-order valence-electron chi connectivity index (χ0n) is 7.64. The number of nitrogens with zero attached hydrogens (tertiary/aromatic N) is 2. The van der Waals surface area contributed by atoms with Gasteiger partial charge in [-0.15, -0.1) is 0 Å². The minimum absolute atomic E-state index is 0.489. The number of amides is 1. The predicted octanol–water partition coefficient (Wildman–Crippen LogP) is 0.961. The van der Waals surface area contributed by atoms with Gasteiger partial charge >= 0.3 is 0 Å². The van der Waals surface area contributed by atoms with E-state index in [4.69, 9.17) is 5.21 Å². The van der Waals surface area contributed by atoms with Crippen LogP contribution in [0.5, 0.6) is 0 Å². The van der Waals surface area contributed by atoms with Crippen LogP contribution in [0.1, 0.15) is 0 Å². The van der Waals surface area contributed by atoms with E-state index in [0.29, 0.717) is 5.69 Å². The molecule has 1 aromatic heterocycles. The number of aromatic nitrogens is 2. The first-order valence-corrected chi connectivity index (χ1v) is 4.21. The van der Waals surface area contributed by atoms with Crippen LogP contribution in [0.15, 0.2) is 29.6 Å². The van der Waals surface area contributed by atoms with Crippen molar-refractivity contribution in [1.29, 1.82) is 0 Å². The Labute approximate surface area is 84.6 Å². The van der Waals surface area contributed by atoms with Gasteiger partial charge in [-0.2, -0.15) is 5.10 Å². The molecular weight excluding hydrogens is 196 g/mol. The normalized spacial score (nSPS) is 10.9. The van der Waals surface area contributed by atoms with Gasteiger partial charge in [-0.3, -0.25) is 9.89 Å². The number of nitrogens with one attached hydrogen (secondary N) is 2. The van der Waals surface area contributed by atoms with Crippen molar-refractivity contribution in [1.82, 2.24) is 10.2 Å². The number of H-pyrrole nitrogens is 1. The van der Waals surface area contributed by atoms with Crippen LogP contribution < -0.4 is 5.32 Å². The molecule has 76 valence electrons. The van der Waals surface area contributed by atoms with Gasteiger partial charge in [0.2, 0.25) is 0 Å². The van der Waals surface area contributed by atoms with E-state index < -0.39 is 5.91 Å². The second kappa shape index (κ2) is 3.79. The van der Waals surface area contributed by atoms with Gasteiger partial charge in [0.25, 0.3) is 5.91 Å². The third-order valence-corrected chi connectivity index (χ3v) is 1.88. The van der Waals surface area contributed by atoms with E-state index >= 15 is 0 Å². The van der Waals surface area contributed by atoms with Crippen LogP contribution in [0.3, 0.4) is 0 Å². The highest BCUT2D eigenvalue weighted by atomic mass is 16.4. The molecule has 15 heavy (non-hydrogen) atoms. The lowest BCUT2D eigenvalue weighted by atomic mass is 10.2. The van der Waals surface area contributed by atoms with Crippen molar-refractivity contribution in [3.05, 3.63) is 24.4 Å². The molecule has 0 saturated heterocycles. The standard InChI is InChI=1S/C9H8N4O2/c14-9(5-11-15)12-7-2-1-6-4-10-13-8(6)3-7/h1-5,15H,(H,10,13)(H,12,14)/b11-5+. The van der Waals surface area contributed by atoms with Crippen LogP contribution >= 0.6 is 0 Å². The van der Waals surface area contributed by atoms with Crippen molar-refractivity contribution >= 4 is 28.7 Å². The quantitative estimate of drug-likeness (QED) is 0.386. The average Bonchev–Trinajstić information content (AvgIpc) is 2.65. The summed E-state index contributed by atoms with van der Waals surface area (Å²) in [6.07, 6.45) is 2.48. The van der Waals surface area contributed by atoms with Crippen molar-refractivity contribution in [2.75, 3.05) is 5.32 Å². The highest BCUT2D eigenvalue weighted by Crippen LogP contribution is 2.15. The minimum Gasteiger partial charge on any atom is -0.411 e. The molecule has 6 nitrogen and oxygen atoms in total. The van der Waals surface area contributed by atoms with Gasteiger partial charge < -0.3 is 10.5 Å².